The first-order valence-corrected chi connectivity index (χ1v) is 10.9. The van der Waals surface area contributed by atoms with Gasteiger partial charge < -0.3 is 20.6 Å². The van der Waals surface area contributed by atoms with E-state index < -0.39 is 29.8 Å². The molecule has 0 saturated carbocycles. The zero-order chi connectivity index (χ0) is 23.8. The minimum absolute atomic E-state index is 0.00507. The van der Waals surface area contributed by atoms with Crippen LogP contribution in [0.3, 0.4) is 0 Å². The molecule has 0 aliphatic carbocycles. The summed E-state index contributed by atoms with van der Waals surface area (Å²) in [5.74, 6) is -2.96. The van der Waals surface area contributed by atoms with E-state index in [1.54, 1.807) is 0 Å². The van der Waals surface area contributed by atoms with Gasteiger partial charge in [-0.2, -0.15) is 0 Å². The molecule has 1 heterocycles. The van der Waals surface area contributed by atoms with Gasteiger partial charge in [0, 0.05) is 19.4 Å². The zero-order valence-corrected chi connectivity index (χ0v) is 18.2. The molecule has 0 bridgehead atoms. The van der Waals surface area contributed by atoms with Gasteiger partial charge in [0.2, 0.25) is 5.91 Å². The smallest absolute Gasteiger partial charge is 0.333 e. The third-order valence-electron chi connectivity index (χ3n) is 4.76. The second-order valence-corrected chi connectivity index (χ2v) is 7.42. The number of nitrogens with zero attached hydrogens (tertiary/aromatic N) is 1. The predicted octanol–water partition coefficient (Wildman–Crippen LogP) is 0.565. The van der Waals surface area contributed by atoms with Gasteiger partial charge in [-0.3, -0.25) is 19.2 Å². The first-order chi connectivity index (χ1) is 15.4. The van der Waals surface area contributed by atoms with Gasteiger partial charge in [0.1, 0.15) is 6.04 Å². The number of amides is 3. The lowest BCUT2D eigenvalue weighted by atomic mass is 10.1. The molecule has 32 heavy (non-hydrogen) atoms. The van der Waals surface area contributed by atoms with E-state index in [2.05, 4.69) is 10.2 Å². The maximum absolute atomic E-state index is 12.7. The number of imide groups is 1. The van der Waals surface area contributed by atoms with Crippen LogP contribution in [0.2, 0.25) is 0 Å². The number of carbonyl (C=O) groups excluding carboxylic acids is 5. The molecular formula is C20H33FN4O7. The highest BCUT2D eigenvalue weighted by atomic mass is 19.2. The minimum atomic E-state index is -0.866. The molecule has 1 aliphatic rings. The van der Waals surface area contributed by atoms with Crippen molar-refractivity contribution in [2.75, 3.05) is 19.7 Å². The summed E-state index contributed by atoms with van der Waals surface area (Å²) in [4.78, 5) is 62.4. The van der Waals surface area contributed by atoms with Crippen molar-refractivity contribution in [3.63, 3.8) is 0 Å². The number of hydrogen-bond acceptors (Lipinski definition) is 9. The molecule has 11 nitrogen and oxygen atoms in total. The number of carbonyl (C=O) groups is 5. The van der Waals surface area contributed by atoms with Crippen molar-refractivity contribution in [3.05, 3.63) is 0 Å². The van der Waals surface area contributed by atoms with E-state index in [0.29, 0.717) is 43.8 Å². The largest absolute Gasteiger partial charge is 0.466 e. The third-order valence-corrected chi connectivity index (χ3v) is 4.76. The number of hydroxylamine groups is 2. The number of nitrogens with two attached hydrogens (primary N) is 1. The van der Waals surface area contributed by atoms with Gasteiger partial charge >= 0.3 is 11.9 Å². The first-order valence-electron chi connectivity index (χ1n) is 10.9. The number of rotatable bonds is 17. The van der Waals surface area contributed by atoms with E-state index in [1.807, 2.05) is 0 Å². The summed E-state index contributed by atoms with van der Waals surface area (Å²) in [6.07, 6.45) is 4.19. The maximum atomic E-state index is 12.7. The van der Waals surface area contributed by atoms with Gasteiger partial charge in [-0.15, -0.1) is 15.1 Å². The van der Waals surface area contributed by atoms with Gasteiger partial charge in [0.25, 0.3) is 11.8 Å². The number of unbranched alkanes of at least 4 members (excludes halogenated alkanes) is 4. The Morgan fingerprint density at radius 3 is 2.28 bits per heavy atom. The molecule has 1 rings (SSSR count). The van der Waals surface area contributed by atoms with Crippen molar-refractivity contribution in [2.45, 2.75) is 76.7 Å². The molecule has 1 fully saturated rings. The number of nitrogens with one attached hydrogen (secondary N) is 2. The SMILES string of the molecule is NCCCCC(NF)C(=O)NCCCCCCOC(=O)CCC(=O)ON1C(=O)CCC1=O. The molecule has 1 saturated heterocycles. The van der Waals surface area contributed by atoms with Crippen LogP contribution in [-0.4, -0.2) is 60.5 Å². The molecule has 4 N–H and O–H groups in total. The van der Waals surface area contributed by atoms with Crippen LogP contribution in [0.1, 0.15) is 70.6 Å². The Bertz CT molecular complexity index is 631. The number of esters is 1. The Balaban J connectivity index is 2.00. The van der Waals surface area contributed by atoms with Crippen LogP contribution in [0, 0.1) is 0 Å². The lowest BCUT2D eigenvalue weighted by Gasteiger charge is -2.13. The van der Waals surface area contributed by atoms with Crippen molar-refractivity contribution in [1.29, 1.82) is 0 Å². The molecule has 0 aromatic carbocycles. The highest BCUT2D eigenvalue weighted by molar-refractivity contribution is 6.01. The fraction of sp³-hybridized carbons (Fsp3) is 0.750. The summed E-state index contributed by atoms with van der Waals surface area (Å²) in [6, 6.07) is -0.866. The summed E-state index contributed by atoms with van der Waals surface area (Å²) in [5, 5.41) is 3.12. The van der Waals surface area contributed by atoms with Crippen molar-refractivity contribution in [3.8, 4) is 0 Å². The number of halogens is 1. The summed E-state index contributed by atoms with van der Waals surface area (Å²) >= 11 is 0. The molecule has 12 heteroatoms. The van der Waals surface area contributed by atoms with E-state index in [-0.39, 0.29) is 38.2 Å². The molecule has 182 valence electrons. The average molecular weight is 461 g/mol. The van der Waals surface area contributed by atoms with Crippen LogP contribution in [-0.2, 0) is 33.5 Å². The van der Waals surface area contributed by atoms with Crippen molar-refractivity contribution in [2.24, 2.45) is 5.73 Å². The fourth-order valence-corrected chi connectivity index (χ4v) is 2.91. The Labute approximate surface area is 186 Å². The molecule has 0 aromatic rings. The zero-order valence-electron chi connectivity index (χ0n) is 18.2. The number of ether oxygens (including phenoxy) is 1. The molecule has 3 amide bonds. The normalized spacial score (nSPS) is 14.4. The Kier molecular flexibility index (Phi) is 13.8. The minimum Gasteiger partial charge on any atom is -0.466 e. The van der Waals surface area contributed by atoms with Crippen LogP contribution < -0.4 is 16.6 Å². The summed E-state index contributed by atoms with van der Waals surface area (Å²) < 4.78 is 17.7. The van der Waals surface area contributed by atoms with Crippen LogP contribution in [0.15, 0.2) is 0 Å². The molecule has 1 unspecified atom stereocenters. The standard InChI is InChI=1S/C20H33FN4O7/c21-24-15(7-3-4-12-22)20(30)23-13-5-1-2-6-14-31-18(28)10-11-19(29)32-25-16(26)8-9-17(25)27/h15,24H,1-14,22H2,(H,23,30). The summed E-state index contributed by atoms with van der Waals surface area (Å²) in [7, 11) is 0. The van der Waals surface area contributed by atoms with Crippen LogP contribution >= 0.6 is 0 Å². The monoisotopic (exact) mass is 460 g/mol. The van der Waals surface area contributed by atoms with Gasteiger partial charge in [-0.25, -0.2) is 4.79 Å². The van der Waals surface area contributed by atoms with Gasteiger partial charge in [0.15, 0.2) is 0 Å². The first kappa shape index (κ1) is 27.4. The van der Waals surface area contributed by atoms with E-state index in [4.69, 9.17) is 10.5 Å². The third kappa shape index (κ3) is 11.1. The Hall–Kier alpha value is -2.60. The van der Waals surface area contributed by atoms with Crippen LogP contribution in [0.25, 0.3) is 0 Å². The average Bonchev–Trinajstić information content (AvgIpc) is 3.09. The quantitative estimate of drug-likeness (QED) is 0.122. The van der Waals surface area contributed by atoms with Crippen LogP contribution in [0.4, 0.5) is 4.48 Å². The fourth-order valence-electron chi connectivity index (χ4n) is 2.91. The van der Waals surface area contributed by atoms with Crippen LogP contribution in [0.5, 0.6) is 0 Å². The predicted molar refractivity (Wildman–Crippen MR) is 110 cm³/mol. The summed E-state index contributed by atoms with van der Waals surface area (Å²) in [6.45, 7) is 1.13. The van der Waals surface area contributed by atoms with E-state index >= 15 is 0 Å². The molecule has 0 spiro atoms. The van der Waals surface area contributed by atoms with Crippen molar-refractivity contribution in [1.82, 2.24) is 15.9 Å². The van der Waals surface area contributed by atoms with E-state index in [0.717, 1.165) is 19.3 Å². The Morgan fingerprint density at radius 1 is 0.969 bits per heavy atom. The lowest BCUT2D eigenvalue weighted by Crippen LogP contribution is -2.41. The topological polar surface area (TPSA) is 157 Å². The van der Waals surface area contributed by atoms with Crippen molar-refractivity contribution < 1.29 is 38.0 Å². The lowest BCUT2D eigenvalue weighted by molar-refractivity contribution is -0.197. The molecular weight excluding hydrogens is 427 g/mol. The Morgan fingerprint density at radius 2 is 1.62 bits per heavy atom. The molecule has 0 aromatic heterocycles. The van der Waals surface area contributed by atoms with E-state index in [1.165, 1.54) is 5.54 Å². The summed E-state index contributed by atoms with van der Waals surface area (Å²) in [5.41, 5.74) is 6.89. The van der Waals surface area contributed by atoms with Crippen molar-refractivity contribution >= 4 is 29.7 Å². The highest BCUT2D eigenvalue weighted by Crippen LogP contribution is 2.13. The van der Waals surface area contributed by atoms with E-state index in [9.17, 15) is 28.5 Å². The second kappa shape index (κ2) is 16.1. The van der Waals surface area contributed by atoms with Gasteiger partial charge in [0.05, 0.1) is 19.4 Å². The molecule has 0 radical (unpaired) electrons. The van der Waals surface area contributed by atoms with Gasteiger partial charge in [-0.05, 0) is 38.6 Å². The molecule has 1 atom stereocenters. The van der Waals surface area contributed by atoms with Gasteiger partial charge in [-0.1, -0.05) is 12.8 Å². The maximum Gasteiger partial charge on any atom is 0.333 e. The number of hydrogen-bond donors (Lipinski definition) is 3. The highest BCUT2D eigenvalue weighted by Gasteiger charge is 2.32. The molecule has 1 aliphatic heterocycles. The second-order valence-electron chi connectivity index (χ2n) is 7.42.